The molecule has 2 rings (SSSR count). The molecule has 0 amide bonds. The fourth-order valence-corrected chi connectivity index (χ4v) is 3.67. The summed E-state index contributed by atoms with van der Waals surface area (Å²) in [6, 6.07) is 0. The molecule has 0 aromatic carbocycles. The predicted octanol–water partition coefficient (Wildman–Crippen LogP) is 6.94. The third kappa shape index (κ3) is 4.61. The molecule has 0 saturated heterocycles. The normalized spacial score (nSPS) is 27.1. The monoisotopic (exact) mass is 438 g/mol. The molecule has 1 fully saturated rings. The third-order valence-corrected chi connectivity index (χ3v) is 5.67. The summed E-state index contributed by atoms with van der Waals surface area (Å²) in [5, 5.41) is 0. The van der Waals surface area contributed by atoms with Gasteiger partial charge in [-0.25, -0.2) is 4.39 Å². The van der Waals surface area contributed by atoms with Crippen LogP contribution in [0.1, 0.15) is 45.4 Å². The average molecular weight is 438 g/mol. The predicted molar refractivity (Wildman–Crippen MR) is 88.2 cm³/mol. The zero-order chi connectivity index (χ0) is 22.1. The molecular weight excluding hydrogens is 415 g/mol. The summed E-state index contributed by atoms with van der Waals surface area (Å²) in [4.78, 5) is 0. The van der Waals surface area contributed by atoms with Crippen molar-refractivity contribution in [3.63, 3.8) is 0 Å². The lowest BCUT2D eigenvalue weighted by molar-refractivity contribution is -0.432. The van der Waals surface area contributed by atoms with Gasteiger partial charge in [0.1, 0.15) is 0 Å². The van der Waals surface area contributed by atoms with Gasteiger partial charge in [-0.2, -0.15) is 35.1 Å². The molecule has 0 radical (unpaired) electrons. The molecular formula is C19H23F9O. The molecule has 1 atom stereocenters. The molecule has 0 aromatic heterocycles. The van der Waals surface area contributed by atoms with E-state index in [2.05, 4.69) is 11.7 Å². The van der Waals surface area contributed by atoms with E-state index < -0.39 is 36.7 Å². The molecule has 0 aliphatic heterocycles. The molecule has 0 bridgehead atoms. The highest BCUT2D eigenvalue weighted by atomic mass is 19.4. The van der Waals surface area contributed by atoms with Crippen LogP contribution in [-0.4, -0.2) is 36.7 Å². The highest BCUT2D eigenvalue weighted by Crippen LogP contribution is 2.53. The van der Waals surface area contributed by atoms with Crippen molar-refractivity contribution in [3.8, 4) is 0 Å². The minimum Gasteiger partial charge on any atom is -0.308 e. The SMILES string of the molecule is CCC1CCC(C2=CCC(OC(F)(F)C(F)(F)C(F)(F)C(F)(F)CF)C=C2)CC1. The van der Waals surface area contributed by atoms with Gasteiger partial charge in [0, 0.05) is 0 Å². The maximum atomic E-state index is 13.7. The van der Waals surface area contributed by atoms with E-state index in [1.54, 1.807) is 0 Å². The largest absolute Gasteiger partial charge is 0.426 e. The van der Waals surface area contributed by atoms with Gasteiger partial charge in [0.15, 0.2) is 6.67 Å². The maximum Gasteiger partial charge on any atom is 0.426 e. The quantitative estimate of drug-likeness (QED) is 0.373. The van der Waals surface area contributed by atoms with E-state index in [0.717, 1.165) is 43.8 Å². The number of halogens is 9. The maximum absolute atomic E-state index is 13.7. The Hall–Kier alpha value is -1.19. The van der Waals surface area contributed by atoms with Gasteiger partial charge in [-0.1, -0.05) is 31.6 Å². The number of ether oxygens (including phenoxy) is 1. The van der Waals surface area contributed by atoms with E-state index in [4.69, 9.17) is 0 Å². The Balaban J connectivity index is 2.03. The summed E-state index contributed by atoms with van der Waals surface area (Å²) in [5.74, 6) is -18.4. The molecule has 1 saturated carbocycles. The first-order chi connectivity index (χ1) is 13.3. The van der Waals surface area contributed by atoms with Crippen LogP contribution in [0.15, 0.2) is 23.8 Å². The van der Waals surface area contributed by atoms with Gasteiger partial charge in [0.2, 0.25) is 0 Å². The molecule has 168 valence electrons. The summed E-state index contributed by atoms with van der Waals surface area (Å²) >= 11 is 0. The van der Waals surface area contributed by atoms with Crippen LogP contribution in [0, 0.1) is 11.8 Å². The standard InChI is InChI=1S/C19H23F9O/c1-2-12-3-5-13(6-4-12)14-7-9-15(10-8-14)29-19(27,28)18(25,26)17(23,24)16(21,22)11-20/h7-9,12-13,15H,2-6,10-11H2,1H3. The van der Waals surface area contributed by atoms with Crippen LogP contribution < -0.4 is 0 Å². The van der Waals surface area contributed by atoms with Crippen LogP contribution in [0.3, 0.4) is 0 Å². The Morgan fingerprint density at radius 2 is 1.52 bits per heavy atom. The van der Waals surface area contributed by atoms with Crippen molar-refractivity contribution in [1.29, 1.82) is 0 Å². The zero-order valence-corrected chi connectivity index (χ0v) is 15.7. The van der Waals surface area contributed by atoms with E-state index in [1.807, 2.05) is 0 Å². The lowest BCUT2D eigenvalue weighted by Gasteiger charge is -2.36. The summed E-state index contributed by atoms with van der Waals surface area (Å²) in [5.41, 5.74) is 0.823. The van der Waals surface area contributed by atoms with Gasteiger partial charge >= 0.3 is 23.9 Å². The van der Waals surface area contributed by atoms with Crippen molar-refractivity contribution in [2.24, 2.45) is 11.8 Å². The van der Waals surface area contributed by atoms with E-state index >= 15 is 0 Å². The molecule has 0 heterocycles. The van der Waals surface area contributed by atoms with Crippen LogP contribution in [0.4, 0.5) is 39.5 Å². The second-order valence-corrected chi connectivity index (χ2v) is 7.58. The summed E-state index contributed by atoms with van der Waals surface area (Å²) in [6.07, 6.45) is 0.856. The van der Waals surface area contributed by atoms with Gasteiger partial charge < -0.3 is 4.74 Å². The van der Waals surface area contributed by atoms with Gasteiger partial charge in [0.25, 0.3) is 0 Å². The Morgan fingerprint density at radius 1 is 0.931 bits per heavy atom. The Bertz CT molecular complexity index is 619. The molecule has 1 nitrogen and oxygen atoms in total. The van der Waals surface area contributed by atoms with E-state index in [1.165, 1.54) is 12.2 Å². The van der Waals surface area contributed by atoms with Crippen molar-refractivity contribution in [2.75, 3.05) is 6.67 Å². The van der Waals surface area contributed by atoms with Crippen molar-refractivity contribution >= 4 is 0 Å². The Labute approximate surface area is 163 Å². The van der Waals surface area contributed by atoms with Crippen LogP contribution in [0.2, 0.25) is 0 Å². The number of hydrogen-bond acceptors (Lipinski definition) is 1. The van der Waals surface area contributed by atoms with E-state index in [9.17, 15) is 39.5 Å². The van der Waals surface area contributed by atoms with Crippen molar-refractivity contribution in [1.82, 2.24) is 0 Å². The second kappa shape index (κ2) is 8.51. The average Bonchev–Trinajstić information content (AvgIpc) is 2.68. The highest BCUT2D eigenvalue weighted by molar-refractivity contribution is 5.27. The molecule has 0 aromatic rings. The lowest BCUT2D eigenvalue weighted by atomic mass is 9.76. The minimum atomic E-state index is -6.64. The van der Waals surface area contributed by atoms with Crippen LogP contribution in [0.5, 0.6) is 0 Å². The van der Waals surface area contributed by atoms with Gasteiger partial charge in [-0.3, -0.25) is 0 Å². The van der Waals surface area contributed by atoms with Crippen LogP contribution in [-0.2, 0) is 4.74 Å². The van der Waals surface area contributed by atoms with E-state index in [0.29, 0.717) is 5.92 Å². The van der Waals surface area contributed by atoms with Gasteiger partial charge in [-0.05, 0) is 49.5 Å². The number of alkyl halides is 9. The number of rotatable bonds is 8. The molecule has 2 aliphatic carbocycles. The van der Waals surface area contributed by atoms with Crippen molar-refractivity contribution in [2.45, 2.75) is 75.4 Å². The molecule has 29 heavy (non-hydrogen) atoms. The van der Waals surface area contributed by atoms with Crippen molar-refractivity contribution in [3.05, 3.63) is 23.8 Å². The molecule has 10 heteroatoms. The summed E-state index contributed by atoms with van der Waals surface area (Å²) in [7, 11) is 0. The molecule has 1 unspecified atom stereocenters. The Morgan fingerprint density at radius 3 is 1.97 bits per heavy atom. The fourth-order valence-electron chi connectivity index (χ4n) is 3.67. The fraction of sp³-hybridized carbons (Fsp3) is 0.789. The van der Waals surface area contributed by atoms with Gasteiger partial charge in [-0.15, -0.1) is 0 Å². The molecule has 0 N–H and O–H groups in total. The topological polar surface area (TPSA) is 9.23 Å². The van der Waals surface area contributed by atoms with Crippen LogP contribution in [0.25, 0.3) is 0 Å². The first-order valence-corrected chi connectivity index (χ1v) is 9.42. The number of allylic oxidation sites excluding steroid dienone is 2. The number of hydrogen-bond donors (Lipinski definition) is 0. The second-order valence-electron chi connectivity index (χ2n) is 7.58. The minimum absolute atomic E-state index is 0.185. The van der Waals surface area contributed by atoms with Gasteiger partial charge in [0.05, 0.1) is 6.10 Å². The van der Waals surface area contributed by atoms with E-state index in [-0.39, 0.29) is 12.3 Å². The molecule has 0 spiro atoms. The summed E-state index contributed by atoms with van der Waals surface area (Å²) in [6.45, 7) is -1.13. The lowest BCUT2D eigenvalue weighted by Crippen LogP contribution is -2.64. The highest BCUT2D eigenvalue weighted by Gasteiger charge is 2.81. The van der Waals surface area contributed by atoms with Crippen molar-refractivity contribution < 1.29 is 44.3 Å². The van der Waals surface area contributed by atoms with Crippen LogP contribution >= 0.6 is 0 Å². The molecule has 2 aliphatic rings. The smallest absolute Gasteiger partial charge is 0.308 e. The third-order valence-electron chi connectivity index (χ3n) is 5.67. The summed E-state index contributed by atoms with van der Waals surface area (Å²) < 4.78 is 123. The first kappa shape index (κ1) is 24.1. The Kier molecular flexibility index (Phi) is 7.07. The zero-order valence-electron chi connectivity index (χ0n) is 15.7. The first-order valence-electron chi connectivity index (χ1n) is 9.42.